The van der Waals surface area contributed by atoms with Crippen LogP contribution in [0.1, 0.15) is 37.8 Å². The molecule has 37 heavy (non-hydrogen) atoms. The normalized spacial score (nSPS) is 20.9. The molecule has 2 N–H and O–H groups in total. The maximum Gasteiger partial charge on any atom is 0.327 e. The number of nitrogens with zero attached hydrogens (tertiary/aromatic N) is 5. The van der Waals surface area contributed by atoms with E-state index in [1.54, 1.807) is 0 Å². The lowest BCUT2D eigenvalue weighted by atomic mass is 9.95. The van der Waals surface area contributed by atoms with Gasteiger partial charge >= 0.3 is 11.7 Å². The Balaban J connectivity index is 1.26. The van der Waals surface area contributed by atoms with Gasteiger partial charge in [0.1, 0.15) is 6.04 Å². The van der Waals surface area contributed by atoms with Crippen molar-refractivity contribution in [2.45, 2.75) is 44.3 Å². The minimum atomic E-state index is -0.433. The van der Waals surface area contributed by atoms with E-state index < -0.39 is 6.04 Å². The topological polar surface area (TPSA) is 110 Å². The van der Waals surface area contributed by atoms with Crippen molar-refractivity contribution in [3.8, 4) is 0 Å². The number of hydrogen-bond acceptors (Lipinski definition) is 8. The van der Waals surface area contributed by atoms with Crippen molar-refractivity contribution in [3.63, 3.8) is 0 Å². The SMILES string of the molecule is CC[C@H]1CN(c2nc3[nH]c(=O)[nH]c3nc2Cl)CCN1C1CCN([C@H](C(=O)OC)c2ccc(Cl)cc2)CC1. The Bertz CT molecular complexity index is 1300. The number of likely N-dealkylation sites (tertiary alicyclic amines) is 1. The maximum atomic E-state index is 12.7. The smallest absolute Gasteiger partial charge is 0.327 e. The lowest BCUT2D eigenvalue weighted by molar-refractivity contribution is -0.148. The molecule has 2 saturated heterocycles. The van der Waals surface area contributed by atoms with E-state index in [9.17, 15) is 9.59 Å². The molecule has 2 atom stereocenters. The first-order valence-corrected chi connectivity index (χ1v) is 13.4. The van der Waals surface area contributed by atoms with Crippen molar-refractivity contribution in [2.24, 2.45) is 0 Å². The molecular weight excluding hydrogens is 517 g/mol. The minimum absolute atomic E-state index is 0.250. The van der Waals surface area contributed by atoms with Crippen molar-refractivity contribution in [1.29, 1.82) is 0 Å². The Labute approximate surface area is 224 Å². The molecule has 0 saturated carbocycles. The Kier molecular flexibility index (Phi) is 7.71. The summed E-state index contributed by atoms with van der Waals surface area (Å²) >= 11 is 12.5. The van der Waals surface area contributed by atoms with Crippen LogP contribution in [-0.4, -0.2) is 87.6 Å². The number of halogens is 2. The molecule has 0 radical (unpaired) electrons. The van der Waals surface area contributed by atoms with Crippen LogP contribution in [0.5, 0.6) is 0 Å². The molecule has 198 valence electrons. The maximum absolute atomic E-state index is 12.7. The number of rotatable bonds is 6. The number of aromatic nitrogens is 4. The predicted octanol–water partition coefficient (Wildman–Crippen LogP) is 3.23. The molecule has 2 aliphatic heterocycles. The molecule has 2 aliphatic rings. The average Bonchev–Trinajstić information content (AvgIpc) is 3.28. The quantitative estimate of drug-likeness (QED) is 0.452. The average molecular weight is 548 g/mol. The third kappa shape index (κ3) is 5.34. The second kappa shape index (κ2) is 11.0. The number of piperidine rings is 1. The summed E-state index contributed by atoms with van der Waals surface area (Å²) in [5, 5.41) is 0.930. The Morgan fingerprint density at radius 2 is 1.76 bits per heavy atom. The third-order valence-electron chi connectivity index (χ3n) is 7.54. The van der Waals surface area contributed by atoms with E-state index in [1.165, 1.54) is 7.11 Å². The number of imidazole rings is 1. The number of fused-ring (bicyclic) bond motifs is 1. The van der Waals surface area contributed by atoms with Crippen LogP contribution >= 0.6 is 23.2 Å². The summed E-state index contributed by atoms with van der Waals surface area (Å²) in [5.74, 6) is 0.348. The Hall–Kier alpha value is -2.66. The number of carbonyl (C=O) groups excluding carboxylic acids is 1. The highest BCUT2D eigenvalue weighted by molar-refractivity contribution is 6.32. The highest BCUT2D eigenvalue weighted by Gasteiger charge is 2.37. The molecule has 0 unspecified atom stereocenters. The van der Waals surface area contributed by atoms with E-state index in [0.717, 1.165) is 57.5 Å². The largest absolute Gasteiger partial charge is 0.468 e. The van der Waals surface area contributed by atoms with E-state index in [1.807, 2.05) is 24.3 Å². The standard InChI is InChI=1S/C25H31Cl2N7O3/c1-3-17-14-33(23-20(27)28-21-22(29-23)31-25(36)30-21)12-13-34(17)18-8-10-32(11-9-18)19(24(35)37-2)15-4-6-16(26)7-5-15/h4-7,17-19H,3,8-14H2,1-2H3,(H2,28,29,30,31,36)/t17-,19-/m0/s1. The number of H-pyrrole nitrogens is 2. The first kappa shape index (κ1) is 26.0. The van der Waals surface area contributed by atoms with Gasteiger partial charge in [0.15, 0.2) is 22.3 Å². The van der Waals surface area contributed by atoms with Gasteiger partial charge in [-0.3, -0.25) is 19.8 Å². The monoisotopic (exact) mass is 547 g/mol. The molecule has 0 aliphatic carbocycles. The fourth-order valence-electron chi connectivity index (χ4n) is 5.66. The highest BCUT2D eigenvalue weighted by Crippen LogP contribution is 2.32. The lowest BCUT2D eigenvalue weighted by Gasteiger charge is -2.48. The van der Waals surface area contributed by atoms with Gasteiger partial charge < -0.3 is 9.64 Å². The molecule has 1 aromatic carbocycles. The van der Waals surface area contributed by atoms with Gasteiger partial charge in [-0.1, -0.05) is 42.3 Å². The molecular formula is C25H31Cl2N7O3. The molecule has 10 nitrogen and oxygen atoms in total. The molecule has 5 rings (SSSR count). The zero-order valence-electron chi connectivity index (χ0n) is 20.9. The molecule has 0 bridgehead atoms. The van der Waals surface area contributed by atoms with Crippen LogP contribution < -0.4 is 10.6 Å². The van der Waals surface area contributed by atoms with Gasteiger partial charge in [-0.05, 0) is 37.0 Å². The third-order valence-corrected chi connectivity index (χ3v) is 8.05. The van der Waals surface area contributed by atoms with Crippen molar-refractivity contribution in [2.75, 3.05) is 44.7 Å². The van der Waals surface area contributed by atoms with Crippen molar-refractivity contribution < 1.29 is 9.53 Å². The molecule has 4 heterocycles. The summed E-state index contributed by atoms with van der Waals surface area (Å²) in [6, 6.07) is 7.75. The number of ether oxygens (including phenoxy) is 1. The fraction of sp³-hybridized carbons (Fsp3) is 0.520. The number of methoxy groups -OCH3 is 1. The number of aromatic amines is 2. The zero-order valence-corrected chi connectivity index (χ0v) is 22.4. The number of carbonyl (C=O) groups is 1. The van der Waals surface area contributed by atoms with Crippen LogP contribution in [-0.2, 0) is 9.53 Å². The van der Waals surface area contributed by atoms with Gasteiger partial charge in [0, 0.05) is 49.8 Å². The molecule has 12 heteroatoms. The minimum Gasteiger partial charge on any atom is -0.468 e. The van der Waals surface area contributed by atoms with Gasteiger partial charge in [-0.2, -0.15) is 0 Å². The molecule has 3 aromatic rings. The second-order valence-electron chi connectivity index (χ2n) is 9.60. The lowest BCUT2D eigenvalue weighted by Crippen LogP contribution is -2.58. The van der Waals surface area contributed by atoms with E-state index in [4.69, 9.17) is 27.9 Å². The zero-order chi connectivity index (χ0) is 26.1. The number of anilines is 1. The van der Waals surface area contributed by atoms with Crippen LogP contribution in [0.2, 0.25) is 10.2 Å². The van der Waals surface area contributed by atoms with Crippen molar-refractivity contribution in [1.82, 2.24) is 29.7 Å². The molecule has 0 amide bonds. The van der Waals surface area contributed by atoms with Crippen LogP contribution in [0.15, 0.2) is 29.1 Å². The summed E-state index contributed by atoms with van der Waals surface area (Å²) in [6.07, 6.45) is 2.92. The van der Waals surface area contributed by atoms with Crippen LogP contribution in [0.25, 0.3) is 11.3 Å². The second-order valence-corrected chi connectivity index (χ2v) is 10.4. The highest BCUT2D eigenvalue weighted by atomic mass is 35.5. The summed E-state index contributed by atoms with van der Waals surface area (Å²) < 4.78 is 5.15. The molecule has 0 spiro atoms. The number of piperazine rings is 1. The van der Waals surface area contributed by atoms with Crippen molar-refractivity contribution in [3.05, 3.63) is 50.5 Å². The first-order chi connectivity index (χ1) is 17.9. The molecule has 2 fully saturated rings. The predicted molar refractivity (Wildman–Crippen MR) is 143 cm³/mol. The van der Waals surface area contributed by atoms with Gasteiger partial charge in [0.25, 0.3) is 0 Å². The number of benzene rings is 1. The van der Waals surface area contributed by atoms with Gasteiger partial charge in [0.05, 0.1) is 7.11 Å². The van der Waals surface area contributed by atoms with Gasteiger partial charge in [-0.15, -0.1) is 0 Å². The summed E-state index contributed by atoms with van der Waals surface area (Å²) in [6.45, 7) is 6.23. The van der Waals surface area contributed by atoms with E-state index in [2.05, 4.69) is 41.6 Å². The van der Waals surface area contributed by atoms with Crippen LogP contribution in [0, 0.1) is 0 Å². The first-order valence-electron chi connectivity index (χ1n) is 12.6. The van der Waals surface area contributed by atoms with Crippen LogP contribution in [0.4, 0.5) is 5.82 Å². The summed E-state index contributed by atoms with van der Waals surface area (Å²) in [4.78, 5) is 45.5. The van der Waals surface area contributed by atoms with E-state index in [0.29, 0.717) is 34.2 Å². The van der Waals surface area contributed by atoms with E-state index >= 15 is 0 Å². The fourth-order valence-corrected chi connectivity index (χ4v) is 6.03. The van der Waals surface area contributed by atoms with Gasteiger partial charge in [-0.25, -0.2) is 19.6 Å². The van der Waals surface area contributed by atoms with E-state index in [-0.39, 0.29) is 16.8 Å². The molecule has 2 aromatic heterocycles. The number of esters is 1. The van der Waals surface area contributed by atoms with Gasteiger partial charge in [0.2, 0.25) is 0 Å². The summed E-state index contributed by atoms with van der Waals surface area (Å²) in [5.41, 5.74) is 1.32. The Morgan fingerprint density at radius 3 is 2.41 bits per heavy atom. The number of nitrogens with one attached hydrogen (secondary N) is 2. The summed E-state index contributed by atoms with van der Waals surface area (Å²) in [7, 11) is 1.44. The van der Waals surface area contributed by atoms with Crippen LogP contribution in [0.3, 0.4) is 0 Å². The Morgan fingerprint density at radius 1 is 1.08 bits per heavy atom. The number of hydrogen-bond donors (Lipinski definition) is 2. The van der Waals surface area contributed by atoms with Crippen molar-refractivity contribution >= 4 is 46.3 Å².